The topological polar surface area (TPSA) is 78.1 Å². The van der Waals surface area contributed by atoms with Gasteiger partial charge in [0.2, 0.25) is 0 Å². The summed E-state index contributed by atoms with van der Waals surface area (Å²) in [6.07, 6.45) is -2.95. The van der Waals surface area contributed by atoms with Crippen LogP contribution in [0.25, 0.3) is 33.3 Å². The fourth-order valence-electron chi connectivity index (χ4n) is 3.99. The minimum atomic E-state index is -5.04. The second-order valence-electron chi connectivity index (χ2n) is 9.12. The van der Waals surface area contributed by atoms with Crippen LogP contribution in [-0.2, 0) is 22.5 Å². The molecule has 0 spiro atoms. The summed E-state index contributed by atoms with van der Waals surface area (Å²) in [5, 5.41) is 0.789. The summed E-state index contributed by atoms with van der Waals surface area (Å²) in [5.74, 6) is -2.20. The second-order valence-corrected chi connectivity index (χ2v) is 9.12. The summed E-state index contributed by atoms with van der Waals surface area (Å²) in [6, 6.07) is 21.6. The zero-order valence-electron chi connectivity index (χ0n) is 20.0. The SMILES string of the molecule is CC(C)(CCc1nccc2nc(-c3ccc(CN)cc3)c(-c3ccccc3)cc12)OC(=O)C(F)(F)F. The zero-order chi connectivity index (χ0) is 25.9. The van der Waals surface area contributed by atoms with Crippen LogP contribution in [0.3, 0.4) is 0 Å². The van der Waals surface area contributed by atoms with E-state index >= 15 is 0 Å². The molecule has 4 rings (SSSR count). The molecule has 8 heteroatoms. The van der Waals surface area contributed by atoms with E-state index in [1.165, 1.54) is 13.8 Å². The summed E-state index contributed by atoms with van der Waals surface area (Å²) < 4.78 is 42.7. The fraction of sp³-hybridized carbons (Fsp3) is 0.250. The number of pyridine rings is 2. The Labute approximate surface area is 207 Å². The van der Waals surface area contributed by atoms with E-state index in [-0.39, 0.29) is 6.42 Å². The molecule has 2 heterocycles. The van der Waals surface area contributed by atoms with Crippen molar-refractivity contribution in [2.24, 2.45) is 5.73 Å². The molecule has 0 aliphatic carbocycles. The number of ether oxygens (including phenoxy) is 1. The summed E-state index contributed by atoms with van der Waals surface area (Å²) in [5.41, 5.74) is 10.4. The Morgan fingerprint density at radius 3 is 2.31 bits per heavy atom. The van der Waals surface area contributed by atoms with E-state index in [1.54, 1.807) is 12.3 Å². The van der Waals surface area contributed by atoms with Crippen LogP contribution in [-0.4, -0.2) is 27.7 Å². The van der Waals surface area contributed by atoms with Crippen LogP contribution in [0.15, 0.2) is 72.9 Å². The Balaban J connectivity index is 1.74. The van der Waals surface area contributed by atoms with Gasteiger partial charge in [0.15, 0.2) is 0 Å². The minimum Gasteiger partial charge on any atom is -0.453 e. The molecular weight excluding hydrogens is 467 g/mol. The first kappa shape index (κ1) is 25.3. The molecule has 0 amide bonds. The lowest BCUT2D eigenvalue weighted by Crippen LogP contribution is -2.36. The number of nitrogens with zero attached hydrogens (tertiary/aromatic N) is 2. The molecule has 2 aromatic carbocycles. The maximum Gasteiger partial charge on any atom is 0.490 e. The predicted molar refractivity (Wildman–Crippen MR) is 133 cm³/mol. The number of hydrogen-bond donors (Lipinski definition) is 1. The number of rotatable bonds is 7. The van der Waals surface area contributed by atoms with E-state index in [4.69, 9.17) is 15.5 Å². The molecule has 186 valence electrons. The van der Waals surface area contributed by atoms with Gasteiger partial charge in [0.05, 0.1) is 11.2 Å². The van der Waals surface area contributed by atoms with Gasteiger partial charge in [-0.2, -0.15) is 13.2 Å². The molecule has 0 saturated heterocycles. The summed E-state index contributed by atoms with van der Waals surface area (Å²) in [6.45, 7) is 3.36. The number of alkyl halides is 3. The van der Waals surface area contributed by atoms with Gasteiger partial charge in [-0.3, -0.25) is 4.98 Å². The van der Waals surface area contributed by atoms with Gasteiger partial charge in [-0.1, -0.05) is 54.6 Å². The molecule has 5 nitrogen and oxygen atoms in total. The number of benzene rings is 2. The van der Waals surface area contributed by atoms with E-state index in [0.29, 0.717) is 24.2 Å². The van der Waals surface area contributed by atoms with Crippen molar-refractivity contribution in [3.63, 3.8) is 0 Å². The monoisotopic (exact) mass is 493 g/mol. The third kappa shape index (κ3) is 5.71. The van der Waals surface area contributed by atoms with Gasteiger partial charge < -0.3 is 10.5 Å². The van der Waals surface area contributed by atoms with Crippen LogP contribution < -0.4 is 5.73 Å². The molecule has 0 radical (unpaired) electrons. The van der Waals surface area contributed by atoms with Crippen molar-refractivity contribution in [1.29, 1.82) is 0 Å². The van der Waals surface area contributed by atoms with Crippen molar-refractivity contribution in [2.75, 3.05) is 0 Å². The van der Waals surface area contributed by atoms with Crippen LogP contribution in [0.2, 0.25) is 0 Å². The first-order valence-corrected chi connectivity index (χ1v) is 11.5. The second kappa shape index (κ2) is 10.1. The maximum absolute atomic E-state index is 12.7. The minimum absolute atomic E-state index is 0.157. The molecule has 0 saturated carbocycles. The Hall–Kier alpha value is -3.78. The van der Waals surface area contributed by atoms with Crippen LogP contribution >= 0.6 is 0 Å². The van der Waals surface area contributed by atoms with E-state index in [1.807, 2.05) is 60.7 Å². The number of carbonyl (C=O) groups is 1. The number of aryl methyl sites for hydroxylation is 1. The average Bonchev–Trinajstić information content (AvgIpc) is 2.86. The average molecular weight is 494 g/mol. The lowest BCUT2D eigenvalue weighted by atomic mass is 9.95. The molecule has 2 N–H and O–H groups in total. The molecule has 0 aliphatic rings. The highest BCUT2D eigenvalue weighted by Gasteiger charge is 2.43. The summed E-state index contributed by atoms with van der Waals surface area (Å²) in [4.78, 5) is 20.8. The maximum atomic E-state index is 12.7. The quantitative estimate of drug-likeness (QED) is 0.309. The predicted octanol–water partition coefficient (Wildman–Crippen LogP) is 6.24. The Kier molecular flexibility index (Phi) is 7.08. The normalized spacial score (nSPS) is 12.1. The van der Waals surface area contributed by atoms with Crippen molar-refractivity contribution in [1.82, 2.24) is 9.97 Å². The third-order valence-electron chi connectivity index (χ3n) is 5.94. The molecule has 0 aliphatic heterocycles. The number of fused-ring (bicyclic) bond motifs is 1. The van der Waals surface area contributed by atoms with Crippen molar-refractivity contribution >= 4 is 16.9 Å². The molecule has 0 unspecified atom stereocenters. The van der Waals surface area contributed by atoms with E-state index in [0.717, 1.165) is 33.3 Å². The molecule has 0 bridgehead atoms. The summed E-state index contributed by atoms with van der Waals surface area (Å²) >= 11 is 0. The molecule has 4 aromatic rings. The Bertz CT molecular complexity index is 1370. The molecular formula is C28H26F3N3O2. The van der Waals surface area contributed by atoms with Crippen LogP contribution in [0.5, 0.6) is 0 Å². The van der Waals surface area contributed by atoms with E-state index in [9.17, 15) is 18.0 Å². The van der Waals surface area contributed by atoms with Crippen molar-refractivity contribution in [2.45, 2.75) is 45.0 Å². The summed E-state index contributed by atoms with van der Waals surface area (Å²) in [7, 11) is 0. The third-order valence-corrected chi connectivity index (χ3v) is 5.94. The van der Waals surface area contributed by atoms with Gasteiger partial charge in [0.25, 0.3) is 0 Å². The van der Waals surface area contributed by atoms with Gasteiger partial charge in [-0.15, -0.1) is 0 Å². The van der Waals surface area contributed by atoms with Crippen molar-refractivity contribution in [3.8, 4) is 22.4 Å². The highest BCUT2D eigenvalue weighted by atomic mass is 19.4. The molecule has 2 aromatic heterocycles. The molecule has 36 heavy (non-hydrogen) atoms. The number of hydrogen-bond acceptors (Lipinski definition) is 5. The van der Waals surface area contributed by atoms with Crippen LogP contribution in [0.4, 0.5) is 13.2 Å². The van der Waals surface area contributed by atoms with E-state index < -0.39 is 17.7 Å². The lowest BCUT2D eigenvalue weighted by molar-refractivity contribution is -0.211. The van der Waals surface area contributed by atoms with Crippen molar-refractivity contribution < 1.29 is 22.7 Å². The van der Waals surface area contributed by atoms with Gasteiger partial charge in [0.1, 0.15) is 5.60 Å². The number of esters is 1. The Morgan fingerprint density at radius 2 is 1.67 bits per heavy atom. The standard InChI is InChI=1S/C28H26F3N3O2/c1-27(2,36-26(35)28(29,30)31)14-12-23-22-16-21(19-6-4-3-5-7-19)25(34-24(22)13-15-33-23)20-10-8-18(17-32)9-11-20/h3-11,13,15-16H,12,14,17,32H2,1-2H3. The van der Waals surface area contributed by atoms with E-state index in [2.05, 4.69) is 4.98 Å². The first-order valence-electron chi connectivity index (χ1n) is 11.5. The molecule has 0 fully saturated rings. The largest absolute Gasteiger partial charge is 0.490 e. The zero-order valence-corrected chi connectivity index (χ0v) is 20.0. The fourth-order valence-corrected chi connectivity index (χ4v) is 3.99. The van der Waals surface area contributed by atoms with Gasteiger partial charge >= 0.3 is 12.1 Å². The first-order chi connectivity index (χ1) is 17.1. The lowest BCUT2D eigenvalue weighted by Gasteiger charge is -2.25. The van der Waals surface area contributed by atoms with Crippen LogP contribution in [0.1, 0.15) is 31.5 Å². The smallest absolute Gasteiger partial charge is 0.453 e. The van der Waals surface area contributed by atoms with Gasteiger partial charge in [-0.25, -0.2) is 9.78 Å². The van der Waals surface area contributed by atoms with Crippen molar-refractivity contribution in [3.05, 3.63) is 84.2 Å². The van der Waals surface area contributed by atoms with Gasteiger partial charge in [0, 0.05) is 34.9 Å². The Morgan fingerprint density at radius 1 is 0.972 bits per heavy atom. The number of halogens is 3. The molecule has 0 atom stereocenters. The van der Waals surface area contributed by atoms with Gasteiger partial charge in [-0.05, 0) is 49.9 Å². The number of carbonyl (C=O) groups excluding carboxylic acids is 1. The highest BCUT2D eigenvalue weighted by molar-refractivity contribution is 5.92. The highest BCUT2D eigenvalue weighted by Crippen LogP contribution is 2.35. The number of nitrogens with two attached hydrogens (primary N) is 1. The van der Waals surface area contributed by atoms with Crippen LogP contribution in [0, 0.1) is 0 Å². The number of aromatic nitrogens is 2.